The molecule has 0 amide bonds. The summed E-state index contributed by atoms with van der Waals surface area (Å²) in [6.07, 6.45) is 0. The van der Waals surface area contributed by atoms with Crippen LogP contribution in [-0.2, 0) is 0 Å². The molecule has 0 aliphatic heterocycles. The first-order valence-electron chi connectivity index (χ1n) is 5.52. The van der Waals surface area contributed by atoms with Gasteiger partial charge in [-0.05, 0) is 32.1 Å². The number of hydrogen-bond donors (Lipinski definition) is 1. The van der Waals surface area contributed by atoms with Crippen LogP contribution >= 0.6 is 0 Å². The molecule has 1 rings (SSSR count). The summed E-state index contributed by atoms with van der Waals surface area (Å²) in [7, 11) is 0. The van der Waals surface area contributed by atoms with Gasteiger partial charge in [0.15, 0.2) is 0 Å². The predicted octanol–water partition coefficient (Wildman–Crippen LogP) is 1.54. The molecule has 15 heavy (non-hydrogen) atoms. The lowest BCUT2D eigenvalue weighted by Crippen LogP contribution is -2.28. The van der Waals surface area contributed by atoms with Crippen LogP contribution in [-0.4, -0.2) is 41.3 Å². The predicted molar refractivity (Wildman–Crippen MR) is 63.0 cm³/mol. The molecular formula is C11H20N4. The van der Waals surface area contributed by atoms with Gasteiger partial charge in [0, 0.05) is 13.1 Å². The minimum Gasteiger partial charge on any atom is -0.367 e. The Morgan fingerprint density at radius 3 is 2.47 bits per heavy atom. The van der Waals surface area contributed by atoms with E-state index in [0.717, 1.165) is 37.7 Å². The van der Waals surface area contributed by atoms with Crippen LogP contribution in [0, 0.1) is 6.92 Å². The topological polar surface area (TPSA) is 41.0 Å². The molecule has 0 aromatic carbocycles. The summed E-state index contributed by atoms with van der Waals surface area (Å²) in [5.41, 5.74) is 0.948. The number of rotatable bonds is 6. The molecule has 1 heterocycles. The van der Waals surface area contributed by atoms with E-state index in [1.54, 1.807) is 0 Å². The monoisotopic (exact) mass is 208 g/mol. The van der Waals surface area contributed by atoms with Crippen molar-refractivity contribution in [2.45, 2.75) is 20.8 Å². The van der Waals surface area contributed by atoms with Crippen LogP contribution in [0.3, 0.4) is 0 Å². The van der Waals surface area contributed by atoms with E-state index in [1.807, 2.05) is 19.1 Å². The van der Waals surface area contributed by atoms with E-state index in [-0.39, 0.29) is 0 Å². The highest BCUT2D eigenvalue weighted by atomic mass is 15.2. The van der Waals surface area contributed by atoms with Gasteiger partial charge in [0.1, 0.15) is 5.82 Å². The Bertz CT molecular complexity index is 266. The van der Waals surface area contributed by atoms with Crippen molar-refractivity contribution in [2.75, 3.05) is 31.5 Å². The number of aryl methyl sites for hydroxylation is 1. The molecule has 0 spiro atoms. The number of nitrogens with one attached hydrogen (secondary N) is 1. The van der Waals surface area contributed by atoms with Crippen molar-refractivity contribution in [1.82, 2.24) is 15.1 Å². The van der Waals surface area contributed by atoms with Crippen LogP contribution < -0.4 is 5.32 Å². The number of aromatic nitrogens is 2. The van der Waals surface area contributed by atoms with E-state index in [4.69, 9.17) is 0 Å². The van der Waals surface area contributed by atoms with Crippen molar-refractivity contribution in [3.8, 4) is 0 Å². The molecule has 1 aromatic rings. The Morgan fingerprint density at radius 1 is 1.20 bits per heavy atom. The molecule has 0 unspecified atom stereocenters. The fourth-order valence-electron chi connectivity index (χ4n) is 1.38. The third kappa shape index (κ3) is 4.25. The normalized spacial score (nSPS) is 10.7. The number of nitrogens with zero attached hydrogens (tertiary/aromatic N) is 3. The van der Waals surface area contributed by atoms with Gasteiger partial charge < -0.3 is 10.2 Å². The summed E-state index contributed by atoms with van der Waals surface area (Å²) >= 11 is 0. The molecule has 0 fully saturated rings. The maximum atomic E-state index is 4.05. The van der Waals surface area contributed by atoms with Crippen LogP contribution in [0.2, 0.25) is 0 Å². The maximum Gasteiger partial charge on any atom is 0.148 e. The fraction of sp³-hybridized carbons (Fsp3) is 0.636. The molecule has 0 radical (unpaired) electrons. The van der Waals surface area contributed by atoms with Crippen molar-refractivity contribution in [1.29, 1.82) is 0 Å². The molecule has 1 aromatic heterocycles. The highest BCUT2D eigenvalue weighted by Crippen LogP contribution is 2.00. The van der Waals surface area contributed by atoms with Crippen LogP contribution in [0.25, 0.3) is 0 Å². The smallest absolute Gasteiger partial charge is 0.148 e. The molecule has 0 bridgehead atoms. The number of anilines is 1. The molecule has 0 aliphatic rings. The Balaban J connectivity index is 2.28. The Morgan fingerprint density at radius 2 is 1.93 bits per heavy atom. The lowest BCUT2D eigenvalue weighted by atomic mass is 10.4. The minimum atomic E-state index is 0.854. The summed E-state index contributed by atoms with van der Waals surface area (Å²) < 4.78 is 0. The second kappa shape index (κ2) is 6.35. The van der Waals surface area contributed by atoms with E-state index < -0.39 is 0 Å². The summed E-state index contributed by atoms with van der Waals surface area (Å²) in [4.78, 5) is 2.37. The van der Waals surface area contributed by atoms with Gasteiger partial charge in [0.05, 0.1) is 5.69 Å². The number of hydrogen-bond acceptors (Lipinski definition) is 4. The summed E-state index contributed by atoms with van der Waals surface area (Å²) in [6, 6.07) is 3.93. The third-order valence-electron chi connectivity index (χ3n) is 2.43. The first-order chi connectivity index (χ1) is 7.26. The van der Waals surface area contributed by atoms with Gasteiger partial charge in [-0.1, -0.05) is 13.8 Å². The van der Waals surface area contributed by atoms with Crippen LogP contribution in [0.4, 0.5) is 5.82 Å². The van der Waals surface area contributed by atoms with Crippen LogP contribution in [0.1, 0.15) is 19.5 Å². The number of likely N-dealkylation sites (N-methyl/N-ethyl adjacent to an activating group) is 1. The van der Waals surface area contributed by atoms with Crippen molar-refractivity contribution < 1.29 is 0 Å². The van der Waals surface area contributed by atoms with Crippen LogP contribution in [0.5, 0.6) is 0 Å². The van der Waals surface area contributed by atoms with E-state index >= 15 is 0 Å². The molecule has 4 heteroatoms. The molecule has 0 saturated carbocycles. The van der Waals surface area contributed by atoms with Gasteiger partial charge in [-0.15, -0.1) is 5.10 Å². The van der Waals surface area contributed by atoms with Gasteiger partial charge in [-0.25, -0.2) is 0 Å². The van der Waals surface area contributed by atoms with E-state index in [2.05, 4.69) is 34.3 Å². The Kier molecular flexibility index (Phi) is 5.04. The molecule has 0 atom stereocenters. The summed E-state index contributed by atoms with van der Waals surface area (Å²) in [5.74, 6) is 0.854. The van der Waals surface area contributed by atoms with Crippen molar-refractivity contribution >= 4 is 5.82 Å². The highest BCUT2D eigenvalue weighted by molar-refractivity contribution is 5.32. The highest BCUT2D eigenvalue weighted by Gasteiger charge is 1.98. The largest absolute Gasteiger partial charge is 0.367 e. The molecule has 0 aliphatic carbocycles. The fourth-order valence-corrected chi connectivity index (χ4v) is 1.38. The molecule has 84 valence electrons. The zero-order valence-corrected chi connectivity index (χ0v) is 9.82. The van der Waals surface area contributed by atoms with Gasteiger partial charge in [-0.2, -0.15) is 5.10 Å². The van der Waals surface area contributed by atoms with Gasteiger partial charge in [0.2, 0.25) is 0 Å². The quantitative estimate of drug-likeness (QED) is 0.770. The average Bonchev–Trinajstić information content (AvgIpc) is 2.27. The van der Waals surface area contributed by atoms with E-state index in [9.17, 15) is 0 Å². The van der Waals surface area contributed by atoms with Gasteiger partial charge >= 0.3 is 0 Å². The maximum absolute atomic E-state index is 4.05. The van der Waals surface area contributed by atoms with Crippen molar-refractivity contribution in [3.05, 3.63) is 17.8 Å². The third-order valence-corrected chi connectivity index (χ3v) is 2.43. The Labute approximate surface area is 91.7 Å². The van der Waals surface area contributed by atoms with Crippen molar-refractivity contribution in [3.63, 3.8) is 0 Å². The lowest BCUT2D eigenvalue weighted by molar-refractivity contribution is 0.316. The molecule has 0 saturated heterocycles. The molecular weight excluding hydrogens is 188 g/mol. The zero-order valence-electron chi connectivity index (χ0n) is 9.82. The standard InChI is InChI=1S/C11H20N4/c1-4-15(5-2)9-8-12-11-7-6-10(3)13-14-11/h6-7H,4-5,8-9H2,1-3H3,(H,12,14). The second-order valence-electron chi connectivity index (χ2n) is 3.51. The summed E-state index contributed by atoms with van der Waals surface area (Å²) in [6.45, 7) is 10.4. The van der Waals surface area contributed by atoms with E-state index in [0.29, 0.717) is 0 Å². The van der Waals surface area contributed by atoms with Crippen molar-refractivity contribution in [2.24, 2.45) is 0 Å². The summed E-state index contributed by atoms with van der Waals surface area (Å²) in [5, 5.41) is 11.3. The Hall–Kier alpha value is -1.16. The average molecular weight is 208 g/mol. The second-order valence-corrected chi connectivity index (χ2v) is 3.51. The van der Waals surface area contributed by atoms with Gasteiger partial charge in [0.25, 0.3) is 0 Å². The lowest BCUT2D eigenvalue weighted by Gasteiger charge is -2.17. The van der Waals surface area contributed by atoms with E-state index in [1.165, 1.54) is 0 Å². The first-order valence-corrected chi connectivity index (χ1v) is 5.52. The molecule has 4 nitrogen and oxygen atoms in total. The first kappa shape index (κ1) is 11.9. The molecule has 1 N–H and O–H groups in total. The zero-order chi connectivity index (χ0) is 11.1. The SMILES string of the molecule is CCN(CC)CCNc1ccc(C)nn1. The van der Waals surface area contributed by atoms with Crippen LogP contribution in [0.15, 0.2) is 12.1 Å². The minimum absolute atomic E-state index is 0.854. The van der Waals surface area contributed by atoms with Gasteiger partial charge in [-0.3, -0.25) is 0 Å².